The highest BCUT2D eigenvalue weighted by Crippen LogP contribution is 2.49. The number of fused-ring (bicyclic) bond motifs is 8. The lowest BCUT2D eigenvalue weighted by molar-refractivity contribution is 0.230. The van der Waals surface area contributed by atoms with Gasteiger partial charge in [-0.3, -0.25) is 4.57 Å². The number of ether oxygens (including phenoxy) is 2. The fraction of sp³-hybridized carbons (Fsp3) is 0.158. The van der Waals surface area contributed by atoms with E-state index in [9.17, 15) is 4.57 Å². The Bertz CT molecular complexity index is 2210. The third-order valence-corrected chi connectivity index (χ3v) is 10.4. The Hall–Kier alpha value is -5.21. The summed E-state index contributed by atoms with van der Waals surface area (Å²) in [6.45, 7) is 3.98. The second-order valence-corrected chi connectivity index (χ2v) is 13.1. The lowest BCUT2D eigenvalue weighted by atomic mass is 10.0. The molecule has 48 heavy (non-hydrogen) atoms. The van der Waals surface area contributed by atoms with E-state index in [2.05, 4.69) is 9.97 Å². The molecule has 0 spiro atoms. The maximum absolute atomic E-state index is 14.7. The SMILES string of the molecule is CCOP(=O)(OCC)c1c2nc(c(-c3ccc(OC)cc3)c3ccc(cc4nc(c(-c5ccc(OC)cc5)c5ccc1[nH]5)C=C4)[nH]3)C=C2. The largest absolute Gasteiger partial charge is 0.497 e. The zero-order valence-electron chi connectivity index (χ0n) is 27.1. The number of rotatable bonds is 9. The molecular weight excluding hydrogens is 623 g/mol. The second kappa shape index (κ2) is 13.1. The number of methoxy groups -OCH3 is 2. The summed E-state index contributed by atoms with van der Waals surface area (Å²) >= 11 is 0. The van der Waals surface area contributed by atoms with Gasteiger partial charge in [0, 0.05) is 27.7 Å². The molecule has 0 amide bonds. The van der Waals surface area contributed by atoms with Gasteiger partial charge in [-0.15, -0.1) is 0 Å². The van der Waals surface area contributed by atoms with E-state index in [0.29, 0.717) is 22.2 Å². The molecule has 2 N–H and O–H groups in total. The van der Waals surface area contributed by atoms with Crippen LogP contribution in [-0.2, 0) is 13.6 Å². The summed E-state index contributed by atoms with van der Waals surface area (Å²) in [5.41, 5.74) is 9.47. The molecule has 0 atom stereocenters. The average Bonchev–Trinajstić information content (AvgIpc) is 3.93. The highest BCUT2D eigenvalue weighted by Gasteiger charge is 2.33. The molecule has 9 nitrogen and oxygen atoms in total. The fourth-order valence-electron chi connectivity index (χ4n) is 6.04. The van der Waals surface area contributed by atoms with Crippen molar-refractivity contribution < 1.29 is 23.1 Å². The lowest BCUT2D eigenvalue weighted by Crippen LogP contribution is -2.15. The monoisotopic (exact) mass is 658 g/mol. The lowest BCUT2D eigenvalue weighted by Gasteiger charge is -2.18. The maximum atomic E-state index is 14.7. The van der Waals surface area contributed by atoms with Crippen LogP contribution in [0.15, 0.2) is 78.9 Å². The maximum Gasteiger partial charge on any atom is 0.365 e. The molecule has 3 aromatic heterocycles. The number of H-pyrrole nitrogens is 2. The van der Waals surface area contributed by atoms with Crippen molar-refractivity contribution in [2.24, 2.45) is 0 Å². The van der Waals surface area contributed by atoms with Gasteiger partial charge in [0.15, 0.2) is 0 Å². The first-order chi connectivity index (χ1) is 23.4. The molecule has 8 bridgehead atoms. The van der Waals surface area contributed by atoms with Gasteiger partial charge in [-0.25, -0.2) is 9.97 Å². The Labute approximate surface area is 278 Å². The van der Waals surface area contributed by atoms with Gasteiger partial charge in [0.25, 0.3) is 0 Å². The molecule has 2 aliphatic rings. The van der Waals surface area contributed by atoms with Gasteiger partial charge in [-0.1, -0.05) is 24.3 Å². The van der Waals surface area contributed by atoms with Crippen LogP contribution in [0.1, 0.15) is 36.6 Å². The molecule has 7 rings (SSSR count). The summed E-state index contributed by atoms with van der Waals surface area (Å²) in [6, 6.07) is 25.6. The Morgan fingerprint density at radius 2 is 1.12 bits per heavy atom. The van der Waals surface area contributed by atoms with E-state index in [1.807, 2.05) is 103 Å². The average molecular weight is 659 g/mol. The molecule has 2 aliphatic heterocycles. The third-order valence-electron chi connectivity index (χ3n) is 8.18. The Kier molecular flexibility index (Phi) is 8.58. The number of hydrogen-bond acceptors (Lipinski definition) is 7. The number of aromatic nitrogens is 4. The van der Waals surface area contributed by atoms with Gasteiger partial charge in [-0.2, -0.15) is 0 Å². The molecule has 0 unspecified atom stereocenters. The molecule has 0 saturated carbocycles. The van der Waals surface area contributed by atoms with Crippen LogP contribution >= 0.6 is 7.60 Å². The number of benzene rings is 2. The molecule has 5 heterocycles. The molecule has 0 saturated heterocycles. The van der Waals surface area contributed by atoms with E-state index in [1.54, 1.807) is 28.1 Å². The zero-order chi connectivity index (χ0) is 33.3. The van der Waals surface area contributed by atoms with Gasteiger partial charge < -0.3 is 28.5 Å². The van der Waals surface area contributed by atoms with Crippen molar-refractivity contribution in [3.05, 3.63) is 102 Å². The van der Waals surface area contributed by atoms with Gasteiger partial charge in [-0.05, 0) is 104 Å². The fourth-order valence-corrected chi connectivity index (χ4v) is 7.88. The molecule has 2 aromatic carbocycles. The second-order valence-electron chi connectivity index (χ2n) is 11.1. The quantitative estimate of drug-likeness (QED) is 0.149. The van der Waals surface area contributed by atoms with Crippen molar-refractivity contribution in [1.29, 1.82) is 0 Å². The Morgan fingerprint density at radius 3 is 1.73 bits per heavy atom. The number of nitrogens with zero attached hydrogens (tertiary/aromatic N) is 2. The zero-order valence-corrected chi connectivity index (χ0v) is 28.0. The van der Waals surface area contributed by atoms with Crippen LogP contribution in [0.5, 0.6) is 11.5 Å². The van der Waals surface area contributed by atoms with Crippen LogP contribution in [-0.4, -0.2) is 47.4 Å². The summed E-state index contributed by atoms with van der Waals surface area (Å²) in [5, 5.41) is 0.357. The van der Waals surface area contributed by atoms with Crippen molar-refractivity contribution in [3.63, 3.8) is 0 Å². The van der Waals surface area contributed by atoms with Gasteiger partial charge >= 0.3 is 7.60 Å². The van der Waals surface area contributed by atoms with Crippen molar-refractivity contribution in [1.82, 2.24) is 19.9 Å². The van der Waals surface area contributed by atoms with Crippen molar-refractivity contribution in [3.8, 4) is 33.8 Å². The molecule has 10 heteroatoms. The highest BCUT2D eigenvalue weighted by molar-refractivity contribution is 7.62. The van der Waals surface area contributed by atoms with Gasteiger partial charge in [0.05, 0.1) is 55.7 Å². The molecule has 5 aromatic rings. The first-order valence-electron chi connectivity index (χ1n) is 15.7. The number of aromatic amines is 2. The van der Waals surface area contributed by atoms with Crippen LogP contribution < -0.4 is 14.8 Å². The first-order valence-corrected chi connectivity index (χ1v) is 17.3. The minimum atomic E-state index is -3.85. The minimum absolute atomic E-state index is 0.191. The summed E-state index contributed by atoms with van der Waals surface area (Å²) in [5.74, 6) is 1.50. The molecule has 0 aliphatic carbocycles. The van der Waals surface area contributed by atoms with E-state index in [4.69, 9.17) is 28.5 Å². The standard InChI is InChI=1S/C38H35N4O5P/c1-5-46-48(43,47-6-2)38-34-21-19-32(41-34)36(24-7-13-28(44-3)14-8-24)30-17-11-26(39-30)23-27-12-18-31(40-27)37(33-20-22-35(38)42-33)25-9-15-29(45-4)16-10-25/h7-23,39,42H,5-6H2,1-4H3. The van der Waals surface area contributed by atoms with Crippen molar-refractivity contribution in [2.75, 3.05) is 27.4 Å². The van der Waals surface area contributed by atoms with E-state index >= 15 is 0 Å². The highest BCUT2D eigenvalue weighted by atomic mass is 31.2. The predicted octanol–water partition coefficient (Wildman–Crippen LogP) is 8.90. The van der Waals surface area contributed by atoms with Crippen LogP contribution in [0.2, 0.25) is 0 Å². The van der Waals surface area contributed by atoms with Gasteiger partial charge in [0.1, 0.15) is 16.8 Å². The van der Waals surface area contributed by atoms with Crippen LogP contribution in [0, 0.1) is 0 Å². The number of hydrogen-bond donors (Lipinski definition) is 2. The first kappa shape index (κ1) is 31.4. The molecule has 242 valence electrons. The smallest absolute Gasteiger partial charge is 0.365 e. The minimum Gasteiger partial charge on any atom is -0.497 e. The molecular formula is C38H35N4O5P. The van der Waals surface area contributed by atoms with Crippen molar-refractivity contribution >= 4 is 59.3 Å². The summed E-state index contributed by atoms with van der Waals surface area (Å²) in [4.78, 5) is 17.3. The third kappa shape index (κ3) is 5.88. The normalized spacial score (nSPS) is 12.4. The Balaban J connectivity index is 1.62. The van der Waals surface area contributed by atoms with Crippen LogP contribution in [0.25, 0.3) is 68.6 Å². The number of nitrogens with one attached hydrogen (secondary N) is 2. The van der Waals surface area contributed by atoms with E-state index in [-0.39, 0.29) is 13.2 Å². The molecule has 0 fully saturated rings. The van der Waals surface area contributed by atoms with E-state index in [0.717, 1.165) is 61.7 Å². The van der Waals surface area contributed by atoms with Gasteiger partial charge in [0.2, 0.25) is 0 Å². The Morgan fingerprint density at radius 1 is 0.604 bits per heavy atom. The summed E-state index contributed by atoms with van der Waals surface area (Å²) < 4.78 is 37.4. The van der Waals surface area contributed by atoms with Crippen molar-refractivity contribution in [2.45, 2.75) is 13.8 Å². The van der Waals surface area contributed by atoms with Crippen LogP contribution in [0.4, 0.5) is 0 Å². The van der Waals surface area contributed by atoms with E-state index in [1.165, 1.54) is 0 Å². The van der Waals surface area contributed by atoms with Crippen LogP contribution in [0.3, 0.4) is 0 Å². The summed E-state index contributed by atoms with van der Waals surface area (Å²) in [7, 11) is -0.559. The predicted molar refractivity (Wildman–Crippen MR) is 193 cm³/mol. The summed E-state index contributed by atoms with van der Waals surface area (Å²) in [6.07, 6.45) is 7.80. The molecule has 0 radical (unpaired) electrons. The van der Waals surface area contributed by atoms with E-state index < -0.39 is 7.60 Å². The topological polar surface area (TPSA) is 111 Å².